The average molecular weight is 585 g/mol. The van der Waals surface area contributed by atoms with Crippen molar-refractivity contribution in [2.24, 2.45) is 5.73 Å². The highest BCUT2D eigenvalue weighted by molar-refractivity contribution is 7.98. The maximum atomic E-state index is 13.2. The van der Waals surface area contributed by atoms with E-state index < -0.39 is 28.8 Å². The highest BCUT2D eigenvalue weighted by atomic mass is 32.2. The molecule has 2 unspecified atom stereocenters. The zero-order valence-corrected chi connectivity index (χ0v) is 23.2. The number of nitro groups is 1. The Bertz CT molecular complexity index is 1690. The molecule has 11 nitrogen and oxygen atoms in total. The summed E-state index contributed by atoms with van der Waals surface area (Å²) in [6.07, 6.45) is 3.56. The molecule has 0 saturated heterocycles. The van der Waals surface area contributed by atoms with Crippen LogP contribution in [0.1, 0.15) is 33.5 Å². The number of benzene rings is 3. The number of fused-ring (bicyclic) bond motifs is 1. The van der Waals surface area contributed by atoms with Gasteiger partial charge in [-0.3, -0.25) is 19.7 Å². The monoisotopic (exact) mass is 584 g/mol. The van der Waals surface area contributed by atoms with E-state index in [9.17, 15) is 19.7 Å². The van der Waals surface area contributed by atoms with Gasteiger partial charge in [0.2, 0.25) is 11.8 Å². The second-order valence-corrected chi connectivity index (χ2v) is 10.6. The molecule has 0 bridgehead atoms. The number of rotatable bonds is 12. The summed E-state index contributed by atoms with van der Waals surface area (Å²) < 4.78 is 5.55. The van der Waals surface area contributed by atoms with Crippen LogP contribution in [-0.2, 0) is 17.0 Å². The Morgan fingerprint density at radius 2 is 1.79 bits per heavy atom. The second kappa shape index (κ2) is 13.1. The van der Waals surface area contributed by atoms with E-state index in [-0.39, 0.29) is 23.0 Å². The number of aromatic nitrogens is 2. The molecule has 0 aliphatic rings. The molecule has 0 fully saturated rings. The Kier molecular flexibility index (Phi) is 8.95. The molecule has 2 aromatic heterocycles. The van der Waals surface area contributed by atoms with Crippen LogP contribution < -0.4 is 16.4 Å². The van der Waals surface area contributed by atoms with E-state index in [1.807, 2.05) is 60.8 Å². The summed E-state index contributed by atoms with van der Waals surface area (Å²) >= 11 is 1.48. The minimum Gasteiger partial charge on any atom is -0.446 e. The molecule has 2 heterocycles. The number of carbonyl (C=O) groups excluding carboxylic acids is 2. The van der Waals surface area contributed by atoms with Crippen molar-refractivity contribution in [1.29, 1.82) is 0 Å². The highest BCUT2D eigenvalue weighted by Gasteiger charge is 2.25. The average Bonchev–Trinajstić information content (AvgIpc) is 3.66. The minimum absolute atomic E-state index is 0.000530. The van der Waals surface area contributed by atoms with Crippen LogP contribution in [0.15, 0.2) is 95.7 Å². The Labute approximate surface area is 245 Å². The molecular formula is C30H28N6O5S. The van der Waals surface area contributed by atoms with Gasteiger partial charge in [-0.05, 0) is 35.7 Å². The maximum absolute atomic E-state index is 13.2. The number of hydrogen-bond acceptors (Lipinski definition) is 8. The predicted molar refractivity (Wildman–Crippen MR) is 161 cm³/mol. The van der Waals surface area contributed by atoms with Crippen LogP contribution in [0.3, 0.4) is 0 Å². The number of nitro benzene ring substituents is 1. The third-order valence-electron chi connectivity index (χ3n) is 6.55. The summed E-state index contributed by atoms with van der Waals surface area (Å²) in [6.45, 7) is 0. The van der Waals surface area contributed by atoms with Gasteiger partial charge in [-0.2, -0.15) is 11.8 Å². The summed E-state index contributed by atoms with van der Waals surface area (Å²) in [5.41, 5.74) is 9.71. The zero-order valence-electron chi connectivity index (χ0n) is 22.4. The fourth-order valence-electron chi connectivity index (χ4n) is 4.37. The van der Waals surface area contributed by atoms with Crippen molar-refractivity contribution >= 4 is 45.9 Å². The largest absolute Gasteiger partial charge is 0.446 e. The summed E-state index contributed by atoms with van der Waals surface area (Å²) in [4.78, 5) is 44.3. The van der Waals surface area contributed by atoms with E-state index >= 15 is 0 Å². The lowest BCUT2D eigenvalue weighted by atomic mass is 10.1. The van der Waals surface area contributed by atoms with E-state index in [0.717, 1.165) is 22.0 Å². The molecule has 0 aliphatic carbocycles. The summed E-state index contributed by atoms with van der Waals surface area (Å²) in [6, 6.07) is 21.6. The number of carbonyl (C=O) groups is 2. The number of aromatic amines is 1. The third kappa shape index (κ3) is 7.03. The molecule has 5 rings (SSSR count). The van der Waals surface area contributed by atoms with Gasteiger partial charge in [0, 0.05) is 46.4 Å². The van der Waals surface area contributed by atoms with Gasteiger partial charge in [0.1, 0.15) is 12.3 Å². The predicted octanol–water partition coefficient (Wildman–Crippen LogP) is 4.98. The second-order valence-electron chi connectivity index (χ2n) is 9.56. The molecular weight excluding hydrogens is 556 g/mol. The van der Waals surface area contributed by atoms with Crippen molar-refractivity contribution in [2.45, 2.75) is 24.3 Å². The first-order chi connectivity index (χ1) is 20.4. The fourth-order valence-corrected chi connectivity index (χ4v) is 5.38. The number of non-ortho nitro benzene ring substituents is 1. The fraction of sp³-hybridized carbons (Fsp3) is 0.167. The van der Waals surface area contributed by atoms with E-state index in [1.165, 1.54) is 42.3 Å². The van der Waals surface area contributed by atoms with Crippen LogP contribution >= 0.6 is 11.8 Å². The zero-order chi connectivity index (χ0) is 29.5. The number of amides is 2. The van der Waals surface area contributed by atoms with Gasteiger partial charge < -0.3 is 25.8 Å². The molecule has 42 heavy (non-hydrogen) atoms. The SMILES string of the molecule is NC(Cc1c[nH]c2ccccc12)c1nc(C(=O)NC(CSCc2ccccc2)C(=O)Nc2ccc([N+](=O)[O-])cc2)co1. The number of thioether (sulfide) groups is 1. The van der Waals surface area contributed by atoms with Gasteiger partial charge in [-0.1, -0.05) is 48.5 Å². The summed E-state index contributed by atoms with van der Waals surface area (Å²) in [5, 5.41) is 17.5. The lowest BCUT2D eigenvalue weighted by molar-refractivity contribution is -0.384. The summed E-state index contributed by atoms with van der Waals surface area (Å²) in [7, 11) is 0. The first-order valence-electron chi connectivity index (χ1n) is 13.1. The first kappa shape index (κ1) is 28.6. The van der Waals surface area contributed by atoms with Crippen molar-refractivity contribution in [1.82, 2.24) is 15.3 Å². The molecule has 0 aliphatic heterocycles. The number of nitrogens with one attached hydrogen (secondary N) is 3. The van der Waals surface area contributed by atoms with Crippen molar-refractivity contribution in [2.75, 3.05) is 11.1 Å². The van der Waals surface area contributed by atoms with Crippen molar-refractivity contribution < 1.29 is 18.9 Å². The van der Waals surface area contributed by atoms with Gasteiger partial charge in [-0.25, -0.2) is 4.98 Å². The van der Waals surface area contributed by atoms with E-state index in [0.29, 0.717) is 17.9 Å². The van der Waals surface area contributed by atoms with Crippen molar-refractivity contribution in [3.05, 3.63) is 124 Å². The van der Waals surface area contributed by atoms with Crippen LogP contribution in [0.2, 0.25) is 0 Å². The molecule has 5 aromatic rings. The Balaban J connectivity index is 1.25. The molecule has 0 radical (unpaired) electrons. The standard InChI is InChI=1S/C30H28N6O5S/c31-24(14-20-15-32-25-9-5-4-8-23(20)25)30-35-26(16-41-30)28(37)34-27(18-42-17-19-6-2-1-3-7-19)29(38)33-21-10-12-22(13-11-21)36(39)40/h1-13,15-16,24,27,32H,14,17-18,31H2,(H,33,38)(H,34,37). The van der Waals surface area contributed by atoms with Crippen LogP contribution in [0.5, 0.6) is 0 Å². The lowest BCUT2D eigenvalue weighted by Gasteiger charge is -2.18. The van der Waals surface area contributed by atoms with Crippen molar-refractivity contribution in [3.8, 4) is 0 Å². The Morgan fingerprint density at radius 3 is 2.55 bits per heavy atom. The number of oxazole rings is 1. The molecule has 5 N–H and O–H groups in total. The van der Waals surface area contributed by atoms with Gasteiger partial charge in [0.15, 0.2) is 5.69 Å². The van der Waals surface area contributed by atoms with Crippen LogP contribution in [-0.4, -0.2) is 38.5 Å². The molecule has 0 spiro atoms. The highest BCUT2D eigenvalue weighted by Crippen LogP contribution is 2.23. The minimum atomic E-state index is -0.929. The first-order valence-corrected chi connectivity index (χ1v) is 14.3. The Morgan fingerprint density at radius 1 is 1.05 bits per heavy atom. The number of nitrogens with zero attached hydrogens (tertiary/aromatic N) is 2. The number of para-hydroxylation sites is 1. The van der Waals surface area contributed by atoms with E-state index in [1.54, 1.807) is 0 Å². The smallest absolute Gasteiger partial charge is 0.273 e. The maximum Gasteiger partial charge on any atom is 0.273 e. The van der Waals surface area contributed by atoms with E-state index in [4.69, 9.17) is 10.2 Å². The van der Waals surface area contributed by atoms with Crippen LogP contribution in [0.25, 0.3) is 10.9 Å². The van der Waals surface area contributed by atoms with Crippen LogP contribution in [0, 0.1) is 10.1 Å². The molecule has 2 atom stereocenters. The number of nitrogens with two attached hydrogens (primary N) is 1. The lowest BCUT2D eigenvalue weighted by Crippen LogP contribution is -2.45. The van der Waals surface area contributed by atoms with Crippen molar-refractivity contribution in [3.63, 3.8) is 0 Å². The number of anilines is 1. The van der Waals surface area contributed by atoms with E-state index in [2.05, 4.69) is 20.6 Å². The third-order valence-corrected chi connectivity index (χ3v) is 7.66. The van der Waals surface area contributed by atoms with Crippen LogP contribution in [0.4, 0.5) is 11.4 Å². The molecule has 214 valence electrons. The molecule has 2 amide bonds. The molecule has 3 aromatic carbocycles. The number of hydrogen-bond donors (Lipinski definition) is 4. The topological polar surface area (TPSA) is 169 Å². The molecule has 12 heteroatoms. The van der Waals surface area contributed by atoms with Gasteiger partial charge in [0.05, 0.1) is 11.0 Å². The van der Waals surface area contributed by atoms with Gasteiger partial charge >= 0.3 is 0 Å². The number of H-pyrrole nitrogens is 1. The summed E-state index contributed by atoms with van der Waals surface area (Å²) in [5.74, 6) is 0.0423. The Hall–Kier alpha value is -4.94. The van der Waals surface area contributed by atoms with Gasteiger partial charge in [0.25, 0.3) is 11.6 Å². The van der Waals surface area contributed by atoms with Gasteiger partial charge in [-0.15, -0.1) is 0 Å². The quantitative estimate of drug-likeness (QED) is 0.118. The normalized spacial score (nSPS) is 12.5. The molecule has 0 saturated carbocycles.